The molecule has 0 spiro atoms. The Bertz CT molecular complexity index is 575. The Labute approximate surface area is 106 Å². The molecule has 0 saturated carbocycles. The molecule has 19 heavy (non-hydrogen) atoms. The fraction of sp³-hybridized carbons (Fsp3) is 0.0769. The number of nitrogens with two attached hydrogens (primary N) is 1. The van der Waals surface area contributed by atoms with Crippen LogP contribution < -0.4 is 10.5 Å². The van der Waals surface area contributed by atoms with Crippen LogP contribution in [0.3, 0.4) is 0 Å². The lowest BCUT2D eigenvalue weighted by atomic mass is 10.2. The maximum Gasteiger partial charge on any atom is 0.419 e. The van der Waals surface area contributed by atoms with Crippen molar-refractivity contribution >= 4 is 5.69 Å². The van der Waals surface area contributed by atoms with Crippen LogP contribution in [0.4, 0.5) is 23.2 Å². The molecule has 2 aromatic rings. The maximum atomic E-state index is 13.1. The summed E-state index contributed by atoms with van der Waals surface area (Å²) >= 11 is 0. The second kappa shape index (κ2) is 4.79. The molecular formula is C13H9F4NO. The van der Waals surface area contributed by atoms with Crippen molar-refractivity contribution in [3.05, 3.63) is 53.8 Å². The zero-order valence-corrected chi connectivity index (χ0v) is 9.54. The summed E-state index contributed by atoms with van der Waals surface area (Å²) in [7, 11) is 0. The van der Waals surface area contributed by atoms with Crippen LogP contribution in [0.1, 0.15) is 5.56 Å². The van der Waals surface area contributed by atoms with E-state index in [2.05, 4.69) is 0 Å². The van der Waals surface area contributed by atoms with Gasteiger partial charge in [0, 0.05) is 17.8 Å². The molecule has 0 heterocycles. The van der Waals surface area contributed by atoms with E-state index >= 15 is 0 Å². The van der Waals surface area contributed by atoms with Gasteiger partial charge in [-0.25, -0.2) is 4.39 Å². The van der Waals surface area contributed by atoms with Crippen LogP contribution in [-0.2, 0) is 6.18 Å². The molecule has 0 fully saturated rings. The Morgan fingerprint density at radius 1 is 1.00 bits per heavy atom. The number of rotatable bonds is 2. The van der Waals surface area contributed by atoms with Crippen molar-refractivity contribution in [2.24, 2.45) is 0 Å². The lowest BCUT2D eigenvalue weighted by molar-refractivity contribution is -0.138. The fourth-order valence-corrected chi connectivity index (χ4v) is 1.56. The molecule has 2 nitrogen and oxygen atoms in total. The van der Waals surface area contributed by atoms with Crippen molar-refractivity contribution in [2.45, 2.75) is 6.18 Å². The third kappa shape index (κ3) is 3.15. The smallest absolute Gasteiger partial charge is 0.419 e. The van der Waals surface area contributed by atoms with Crippen molar-refractivity contribution in [2.75, 3.05) is 5.73 Å². The van der Waals surface area contributed by atoms with E-state index < -0.39 is 23.3 Å². The summed E-state index contributed by atoms with van der Waals surface area (Å²) in [6.07, 6.45) is -4.55. The van der Waals surface area contributed by atoms with E-state index in [0.717, 1.165) is 24.3 Å². The van der Waals surface area contributed by atoms with Gasteiger partial charge in [-0.15, -0.1) is 0 Å². The third-order valence-electron chi connectivity index (χ3n) is 2.31. The Kier molecular flexibility index (Phi) is 3.33. The first-order chi connectivity index (χ1) is 8.86. The van der Waals surface area contributed by atoms with Crippen molar-refractivity contribution in [3.63, 3.8) is 0 Å². The largest absolute Gasteiger partial charge is 0.457 e. The number of hydrogen-bond donors (Lipinski definition) is 1. The van der Waals surface area contributed by atoms with Crippen molar-refractivity contribution < 1.29 is 22.3 Å². The number of alkyl halides is 3. The Hall–Kier alpha value is -2.24. The second-order valence-electron chi connectivity index (χ2n) is 3.82. The number of benzene rings is 2. The highest BCUT2D eigenvalue weighted by Crippen LogP contribution is 2.38. The molecule has 0 saturated heterocycles. The second-order valence-corrected chi connectivity index (χ2v) is 3.82. The molecule has 2 aromatic carbocycles. The number of para-hydroxylation sites is 1. The van der Waals surface area contributed by atoms with E-state index in [1.807, 2.05) is 0 Å². The van der Waals surface area contributed by atoms with E-state index in [0.29, 0.717) is 0 Å². The fourth-order valence-electron chi connectivity index (χ4n) is 1.56. The molecule has 0 atom stereocenters. The molecule has 0 bridgehead atoms. The standard InChI is InChI=1S/C13H9F4NO/c14-8-5-9(18)7-10(6-8)19-12-4-2-1-3-11(12)13(15,16)17/h1-7H,18H2. The average molecular weight is 271 g/mol. The third-order valence-corrected chi connectivity index (χ3v) is 2.31. The van der Waals surface area contributed by atoms with Gasteiger partial charge in [0.15, 0.2) is 0 Å². The lowest BCUT2D eigenvalue weighted by Crippen LogP contribution is -2.06. The van der Waals surface area contributed by atoms with Gasteiger partial charge >= 0.3 is 6.18 Å². The van der Waals surface area contributed by atoms with Crippen molar-refractivity contribution in [1.29, 1.82) is 0 Å². The first kappa shape index (κ1) is 13.2. The van der Waals surface area contributed by atoms with Gasteiger partial charge in [0.1, 0.15) is 17.3 Å². The normalized spacial score (nSPS) is 11.4. The van der Waals surface area contributed by atoms with Gasteiger partial charge in [-0.2, -0.15) is 13.2 Å². The van der Waals surface area contributed by atoms with Crippen LogP contribution in [0.5, 0.6) is 11.5 Å². The molecule has 0 aliphatic rings. The Balaban J connectivity index is 2.38. The highest BCUT2D eigenvalue weighted by molar-refractivity contribution is 5.47. The Morgan fingerprint density at radius 3 is 2.32 bits per heavy atom. The quantitative estimate of drug-likeness (QED) is 0.655. The minimum absolute atomic E-state index is 0.0690. The van der Waals surface area contributed by atoms with Gasteiger partial charge in [0.2, 0.25) is 0 Å². The number of nitrogen functional groups attached to an aromatic ring is 1. The summed E-state index contributed by atoms with van der Waals surface area (Å²) in [4.78, 5) is 0. The van der Waals surface area contributed by atoms with Crippen LogP contribution in [-0.4, -0.2) is 0 Å². The summed E-state index contributed by atoms with van der Waals surface area (Å²) in [6, 6.07) is 7.94. The van der Waals surface area contributed by atoms with E-state index in [1.54, 1.807) is 0 Å². The predicted molar refractivity (Wildman–Crippen MR) is 62.3 cm³/mol. The number of halogens is 4. The number of ether oxygens (including phenoxy) is 1. The molecule has 0 aliphatic carbocycles. The molecule has 0 aromatic heterocycles. The van der Waals surface area contributed by atoms with Gasteiger partial charge < -0.3 is 10.5 Å². The molecule has 0 radical (unpaired) electrons. The van der Waals surface area contributed by atoms with E-state index in [4.69, 9.17) is 10.5 Å². The van der Waals surface area contributed by atoms with Crippen molar-refractivity contribution in [3.8, 4) is 11.5 Å². The van der Waals surface area contributed by atoms with Gasteiger partial charge in [-0.05, 0) is 18.2 Å². The van der Waals surface area contributed by atoms with E-state index in [-0.39, 0.29) is 11.4 Å². The summed E-state index contributed by atoms with van der Waals surface area (Å²) < 4.78 is 56.3. The molecule has 2 N–H and O–H groups in total. The minimum atomic E-state index is -4.55. The highest BCUT2D eigenvalue weighted by Gasteiger charge is 2.34. The van der Waals surface area contributed by atoms with Crippen LogP contribution in [0.2, 0.25) is 0 Å². The SMILES string of the molecule is Nc1cc(F)cc(Oc2ccccc2C(F)(F)F)c1. The highest BCUT2D eigenvalue weighted by atomic mass is 19.4. The van der Waals surface area contributed by atoms with E-state index in [9.17, 15) is 17.6 Å². The van der Waals surface area contributed by atoms with Gasteiger partial charge in [-0.3, -0.25) is 0 Å². The van der Waals surface area contributed by atoms with Gasteiger partial charge in [-0.1, -0.05) is 12.1 Å². The monoisotopic (exact) mass is 271 g/mol. The molecule has 2 rings (SSSR count). The predicted octanol–water partition coefficient (Wildman–Crippen LogP) is 4.22. The summed E-state index contributed by atoms with van der Waals surface area (Å²) in [6.45, 7) is 0. The lowest BCUT2D eigenvalue weighted by Gasteiger charge is -2.13. The van der Waals surface area contributed by atoms with Crippen LogP contribution >= 0.6 is 0 Å². The first-order valence-corrected chi connectivity index (χ1v) is 5.26. The molecule has 100 valence electrons. The average Bonchev–Trinajstić information content (AvgIpc) is 2.26. The summed E-state index contributed by atoms with van der Waals surface area (Å²) in [5.74, 6) is -1.17. The molecule has 0 amide bonds. The summed E-state index contributed by atoms with van der Waals surface area (Å²) in [5.41, 5.74) is 4.53. The molecule has 0 aliphatic heterocycles. The first-order valence-electron chi connectivity index (χ1n) is 5.26. The topological polar surface area (TPSA) is 35.2 Å². The maximum absolute atomic E-state index is 13.1. The molecular weight excluding hydrogens is 262 g/mol. The van der Waals surface area contributed by atoms with Crippen LogP contribution in [0.25, 0.3) is 0 Å². The van der Waals surface area contributed by atoms with Crippen LogP contribution in [0.15, 0.2) is 42.5 Å². The molecule has 6 heteroatoms. The van der Waals surface area contributed by atoms with Crippen molar-refractivity contribution in [1.82, 2.24) is 0 Å². The number of hydrogen-bond acceptors (Lipinski definition) is 2. The Morgan fingerprint density at radius 2 is 1.68 bits per heavy atom. The van der Waals surface area contributed by atoms with Gasteiger partial charge in [0.05, 0.1) is 5.56 Å². The summed E-state index contributed by atoms with van der Waals surface area (Å²) in [5, 5.41) is 0. The zero-order valence-electron chi connectivity index (χ0n) is 9.54. The van der Waals surface area contributed by atoms with Crippen LogP contribution in [0, 0.1) is 5.82 Å². The minimum Gasteiger partial charge on any atom is -0.457 e. The van der Waals surface area contributed by atoms with E-state index in [1.165, 1.54) is 18.2 Å². The molecule has 0 unspecified atom stereocenters. The number of anilines is 1. The van der Waals surface area contributed by atoms with Gasteiger partial charge in [0.25, 0.3) is 0 Å². The zero-order chi connectivity index (χ0) is 14.0.